The molecular formula is C17H30N2O2. The van der Waals surface area contributed by atoms with E-state index in [2.05, 4.69) is 30.2 Å². The van der Waals surface area contributed by atoms with Gasteiger partial charge in [0.25, 0.3) is 0 Å². The number of pyridine rings is 1. The van der Waals surface area contributed by atoms with Crippen LogP contribution in [0.15, 0.2) is 18.5 Å². The SMILES string of the molecule is CCCNC(CCOCCC)c1cncc(OC(C)C)c1. The lowest BCUT2D eigenvalue weighted by Gasteiger charge is -2.20. The molecular weight excluding hydrogens is 264 g/mol. The highest BCUT2D eigenvalue weighted by molar-refractivity contribution is 5.26. The Kier molecular flexibility index (Phi) is 9.02. The van der Waals surface area contributed by atoms with Crippen LogP contribution in [0.25, 0.3) is 0 Å². The standard InChI is InChI=1S/C17H30N2O2/c1-5-8-19-17(7-10-20-9-6-2)15-11-16(13-18-12-15)21-14(3)4/h11-14,17,19H,5-10H2,1-4H3. The summed E-state index contributed by atoms with van der Waals surface area (Å²) in [7, 11) is 0. The van der Waals surface area contributed by atoms with Crippen molar-refractivity contribution in [3.63, 3.8) is 0 Å². The average Bonchev–Trinajstić information content (AvgIpc) is 2.46. The molecule has 0 aliphatic rings. The first-order chi connectivity index (χ1) is 10.2. The Labute approximate surface area is 129 Å². The summed E-state index contributed by atoms with van der Waals surface area (Å²) >= 11 is 0. The number of nitrogens with one attached hydrogen (secondary N) is 1. The normalized spacial score (nSPS) is 12.6. The zero-order valence-corrected chi connectivity index (χ0v) is 13.9. The molecule has 0 aromatic carbocycles. The summed E-state index contributed by atoms with van der Waals surface area (Å²) in [4.78, 5) is 4.31. The highest BCUT2D eigenvalue weighted by Crippen LogP contribution is 2.21. The summed E-state index contributed by atoms with van der Waals surface area (Å²) in [6.07, 6.45) is 6.98. The fourth-order valence-electron chi connectivity index (χ4n) is 2.12. The number of nitrogens with zero attached hydrogens (tertiary/aromatic N) is 1. The summed E-state index contributed by atoms with van der Waals surface area (Å²) in [5, 5.41) is 3.57. The fraction of sp³-hybridized carbons (Fsp3) is 0.706. The third-order valence-corrected chi connectivity index (χ3v) is 3.05. The molecule has 0 aliphatic heterocycles. The van der Waals surface area contributed by atoms with Crippen molar-refractivity contribution in [2.24, 2.45) is 0 Å². The van der Waals surface area contributed by atoms with E-state index in [1.807, 2.05) is 20.0 Å². The molecule has 4 heteroatoms. The van der Waals surface area contributed by atoms with Gasteiger partial charge in [0.2, 0.25) is 0 Å². The largest absolute Gasteiger partial charge is 0.489 e. The van der Waals surface area contributed by atoms with Gasteiger partial charge in [0.1, 0.15) is 5.75 Å². The summed E-state index contributed by atoms with van der Waals surface area (Å²) in [5.74, 6) is 0.834. The van der Waals surface area contributed by atoms with Crippen LogP contribution in [0, 0.1) is 0 Å². The summed E-state index contributed by atoms with van der Waals surface area (Å²) in [6, 6.07) is 2.35. The maximum absolute atomic E-state index is 5.73. The zero-order valence-electron chi connectivity index (χ0n) is 13.9. The number of hydrogen-bond acceptors (Lipinski definition) is 4. The van der Waals surface area contributed by atoms with Crippen molar-refractivity contribution in [2.45, 2.75) is 59.1 Å². The molecule has 1 rings (SSSR count). The first kappa shape index (κ1) is 17.9. The highest BCUT2D eigenvalue weighted by Gasteiger charge is 2.12. The van der Waals surface area contributed by atoms with Crippen LogP contribution in [0.2, 0.25) is 0 Å². The van der Waals surface area contributed by atoms with Crippen LogP contribution in [0.5, 0.6) is 5.75 Å². The Hall–Kier alpha value is -1.13. The molecule has 0 aliphatic carbocycles. The molecule has 1 atom stereocenters. The van der Waals surface area contributed by atoms with E-state index in [-0.39, 0.29) is 12.1 Å². The van der Waals surface area contributed by atoms with Crippen molar-refractivity contribution in [1.29, 1.82) is 0 Å². The molecule has 1 aromatic heterocycles. The summed E-state index contributed by atoms with van der Waals surface area (Å²) < 4.78 is 11.3. The van der Waals surface area contributed by atoms with Crippen LogP contribution in [-0.4, -0.2) is 30.8 Å². The minimum Gasteiger partial charge on any atom is -0.489 e. The quantitative estimate of drug-likeness (QED) is 0.632. The van der Waals surface area contributed by atoms with Gasteiger partial charge < -0.3 is 14.8 Å². The molecule has 1 unspecified atom stereocenters. The lowest BCUT2D eigenvalue weighted by molar-refractivity contribution is 0.124. The molecule has 0 spiro atoms. The van der Waals surface area contributed by atoms with Crippen LogP contribution in [0.3, 0.4) is 0 Å². The van der Waals surface area contributed by atoms with Crippen LogP contribution >= 0.6 is 0 Å². The smallest absolute Gasteiger partial charge is 0.138 e. The fourth-order valence-corrected chi connectivity index (χ4v) is 2.12. The lowest BCUT2D eigenvalue weighted by Crippen LogP contribution is -2.24. The highest BCUT2D eigenvalue weighted by atomic mass is 16.5. The molecule has 1 heterocycles. The van der Waals surface area contributed by atoms with Crippen molar-refractivity contribution >= 4 is 0 Å². The lowest BCUT2D eigenvalue weighted by atomic mass is 10.1. The van der Waals surface area contributed by atoms with E-state index in [1.54, 1.807) is 6.20 Å². The monoisotopic (exact) mass is 294 g/mol. The van der Waals surface area contributed by atoms with Gasteiger partial charge in [-0.3, -0.25) is 4.98 Å². The van der Waals surface area contributed by atoms with E-state index in [0.717, 1.165) is 44.8 Å². The van der Waals surface area contributed by atoms with E-state index in [1.165, 1.54) is 5.56 Å². The second-order valence-corrected chi connectivity index (χ2v) is 5.53. The van der Waals surface area contributed by atoms with Gasteiger partial charge in [-0.2, -0.15) is 0 Å². The second kappa shape index (κ2) is 10.6. The number of ether oxygens (including phenoxy) is 2. The molecule has 21 heavy (non-hydrogen) atoms. The van der Waals surface area contributed by atoms with Gasteiger partial charge in [-0.05, 0) is 51.3 Å². The molecule has 120 valence electrons. The van der Waals surface area contributed by atoms with Gasteiger partial charge in [-0.1, -0.05) is 13.8 Å². The van der Waals surface area contributed by atoms with Gasteiger partial charge >= 0.3 is 0 Å². The van der Waals surface area contributed by atoms with E-state index in [9.17, 15) is 0 Å². The van der Waals surface area contributed by atoms with Gasteiger partial charge in [0, 0.05) is 25.5 Å². The Bertz CT molecular complexity index is 383. The minimum atomic E-state index is 0.164. The minimum absolute atomic E-state index is 0.164. The Morgan fingerprint density at radius 3 is 2.62 bits per heavy atom. The summed E-state index contributed by atoms with van der Waals surface area (Å²) in [5.41, 5.74) is 1.17. The van der Waals surface area contributed by atoms with Crippen molar-refractivity contribution in [3.05, 3.63) is 24.0 Å². The Morgan fingerprint density at radius 2 is 1.95 bits per heavy atom. The molecule has 0 bridgehead atoms. The number of rotatable bonds is 11. The van der Waals surface area contributed by atoms with Gasteiger partial charge in [-0.15, -0.1) is 0 Å². The van der Waals surface area contributed by atoms with Crippen LogP contribution < -0.4 is 10.1 Å². The molecule has 0 saturated heterocycles. The third kappa shape index (κ3) is 7.44. The van der Waals surface area contributed by atoms with E-state index < -0.39 is 0 Å². The van der Waals surface area contributed by atoms with Crippen LogP contribution in [-0.2, 0) is 4.74 Å². The maximum Gasteiger partial charge on any atom is 0.138 e. The second-order valence-electron chi connectivity index (χ2n) is 5.53. The van der Waals surface area contributed by atoms with E-state index in [4.69, 9.17) is 9.47 Å². The van der Waals surface area contributed by atoms with Crippen molar-refractivity contribution < 1.29 is 9.47 Å². The molecule has 1 N–H and O–H groups in total. The molecule has 0 saturated carbocycles. The Balaban J connectivity index is 2.66. The first-order valence-corrected chi connectivity index (χ1v) is 8.10. The Morgan fingerprint density at radius 1 is 1.14 bits per heavy atom. The predicted octanol–water partition coefficient (Wildman–Crippen LogP) is 3.73. The zero-order chi connectivity index (χ0) is 15.5. The first-order valence-electron chi connectivity index (χ1n) is 8.10. The molecule has 0 amide bonds. The third-order valence-electron chi connectivity index (χ3n) is 3.05. The van der Waals surface area contributed by atoms with Crippen LogP contribution in [0.1, 0.15) is 58.6 Å². The van der Waals surface area contributed by atoms with Crippen molar-refractivity contribution in [3.8, 4) is 5.75 Å². The van der Waals surface area contributed by atoms with E-state index >= 15 is 0 Å². The molecule has 4 nitrogen and oxygen atoms in total. The van der Waals surface area contributed by atoms with Crippen LogP contribution in [0.4, 0.5) is 0 Å². The molecule has 0 radical (unpaired) electrons. The van der Waals surface area contributed by atoms with E-state index in [0.29, 0.717) is 0 Å². The van der Waals surface area contributed by atoms with Crippen molar-refractivity contribution in [1.82, 2.24) is 10.3 Å². The number of hydrogen-bond donors (Lipinski definition) is 1. The average molecular weight is 294 g/mol. The van der Waals surface area contributed by atoms with Gasteiger partial charge in [0.15, 0.2) is 0 Å². The molecule has 0 fully saturated rings. The van der Waals surface area contributed by atoms with Crippen molar-refractivity contribution in [2.75, 3.05) is 19.8 Å². The predicted molar refractivity (Wildman–Crippen MR) is 86.8 cm³/mol. The maximum atomic E-state index is 5.73. The topological polar surface area (TPSA) is 43.4 Å². The number of aromatic nitrogens is 1. The molecule has 1 aromatic rings. The summed E-state index contributed by atoms with van der Waals surface area (Å²) in [6.45, 7) is 10.9. The van der Waals surface area contributed by atoms with Gasteiger partial charge in [0.05, 0.1) is 12.3 Å². The van der Waals surface area contributed by atoms with Gasteiger partial charge in [-0.25, -0.2) is 0 Å².